The molecule has 1 aromatic rings. The van der Waals surface area contributed by atoms with Gasteiger partial charge >= 0.3 is 0 Å². The van der Waals surface area contributed by atoms with E-state index in [2.05, 4.69) is 11.9 Å². The van der Waals surface area contributed by atoms with E-state index in [1.165, 1.54) is 19.3 Å². The average molecular weight is 234 g/mol. The van der Waals surface area contributed by atoms with E-state index in [0.29, 0.717) is 11.9 Å². The van der Waals surface area contributed by atoms with Crippen molar-refractivity contribution in [2.45, 2.75) is 52.1 Å². The largest absolute Gasteiger partial charge is 0.487 e. The Morgan fingerprint density at radius 1 is 1.41 bits per heavy atom. The molecule has 94 valence electrons. The van der Waals surface area contributed by atoms with Crippen molar-refractivity contribution in [2.24, 2.45) is 5.92 Å². The SMILES string of the molecule is CCC1CCCC(Oc2ccc(C)nc2N)C1. The minimum absolute atomic E-state index is 0.320. The van der Waals surface area contributed by atoms with E-state index in [0.717, 1.165) is 30.2 Å². The number of rotatable bonds is 3. The highest BCUT2D eigenvalue weighted by molar-refractivity contribution is 5.46. The molecule has 2 rings (SSSR count). The van der Waals surface area contributed by atoms with Crippen LogP contribution in [-0.4, -0.2) is 11.1 Å². The van der Waals surface area contributed by atoms with Crippen molar-refractivity contribution in [3.8, 4) is 5.75 Å². The Kier molecular flexibility index (Phi) is 3.87. The maximum atomic E-state index is 5.99. The lowest BCUT2D eigenvalue weighted by molar-refractivity contribution is 0.122. The van der Waals surface area contributed by atoms with Gasteiger partial charge in [0, 0.05) is 5.69 Å². The van der Waals surface area contributed by atoms with Crippen LogP contribution in [0, 0.1) is 12.8 Å². The molecule has 0 aromatic carbocycles. The number of hydrogen-bond donors (Lipinski definition) is 1. The second kappa shape index (κ2) is 5.39. The number of pyridine rings is 1. The molecule has 0 amide bonds. The lowest BCUT2D eigenvalue weighted by atomic mass is 9.85. The second-order valence-corrected chi connectivity index (χ2v) is 5.02. The summed E-state index contributed by atoms with van der Waals surface area (Å²) in [7, 11) is 0. The fraction of sp³-hybridized carbons (Fsp3) is 0.643. The molecule has 2 atom stereocenters. The lowest BCUT2D eigenvalue weighted by Gasteiger charge is -2.29. The van der Waals surface area contributed by atoms with Crippen molar-refractivity contribution in [3.05, 3.63) is 17.8 Å². The van der Waals surface area contributed by atoms with Crippen LogP contribution >= 0.6 is 0 Å². The van der Waals surface area contributed by atoms with E-state index in [9.17, 15) is 0 Å². The first-order valence-corrected chi connectivity index (χ1v) is 6.58. The molecule has 1 fully saturated rings. The zero-order valence-electron chi connectivity index (χ0n) is 10.8. The van der Waals surface area contributed by atoms with Gasteiger partial charge in [0.2, 0.25) is 0 Å². The molecule has 2 N–H and O–H groups in total. The molecule has 1 aliphatic carbocycles. The Labute approximate surface area is 103 Å². The lowest BCUT2D eigenvalue weighted by Crippen LogP contribution is -2.25. The molecule has 1 aliphatic rings. The number of ether oxygens (including phenoxy) is 1. The van der Waals surface area contributed by atoms with Crippen molar-refractivity contribution < 1.29 is 4.74 Å². The highest BCUT2D eigenvalue weighted by Gasteiger charge is 2.22. The normalized spacial score (nSPS) is 24.6. The summed E-state index contributed by atoms with van der Waals surface area (Å²) in [5.74, 6) is 2.08. The standard InChI is InChI=1S/C14H22N2O/c1-3-11-5-4-6-12(9-11)17-13-8-7-10(2)16-14(13)15/h7-8,11-12H,3-6,9H2,1-2H3,(H2,15,16). The van der Waals surface area contributed by atoms with Gasteiger partial charge in [-0.05, 0) is 44.2 Å². The molecule has 1 heterocycles. The van der Waals surface area contributed by atoms with E-state index < -0.39 is 0 Å². The average Bonchev–Trinajstić information content (AvgIpc) is 2.33. The molecule has 0 aliphatic heterocycles. The first-order valence-electron chi connectivity index (χ1n) is 6.58. The fourth-order valence-electron chi connectivity index (χ4n) is 2.56. The topological polar surface area (TPSA) is 48.1 Å². The summed E-state index contributed by atoms with van der Waals surface area (Å²) < 4.78 is 5.99. The Morgan fingerprint density at radius 2 is 2.24 bits per heavy atom. The maximum absolute atomic E-state index is 5.99. The Bertz CT molecular complexity index is 378. The minimum Gasteiger partial charge on any atom is -0.487 e. The highest BCUT2D eigenvalue weighted by atomic mass is 16.5. The molecule has 1 saturated carbocycles. The Hall–Kier alpha value is -1.25. The first kappa shape index (κ1) is 12.2. The quantitative estimate of drug-likeness (QED) is 0.872. The molecule has 3 nitrogen and oxygen atoms in total. The zero-order valence-corrected chi connectivity index (χ0v) is 10.8. The van der Waals surface area contributed by atoms with Crippen LogP contribution in [0.1, 0.15) is 44.7 Å². The zero-order chi connectivity index (χ0) is 12.3. The molecule has 0 saturated heterocycles. The van der Waals surface area contributed by atoms with Crippen LogP contribution in [0.4, 0.5) is 5.82 Å². The van der Waals surface area contributed by atoms with Gasteiger partial charge in [0.05, 0.1) is 6.10 Å². The van der Waals surface area contributed by atoms with Gasteiger partial charge in [-0.2, -0.15) is 0 Å². The van der Waals surface area contributed by atoms with Gasteiger partial charge in [-0.25, -0.2) is 4.98 Å². The Morgan fingerprint density at radius 3 is 2.94 bits per heavy atom. The third-order valence-electron chi connectivity index (χ3n) is 3.63. The van der Waals surface area contributed by atoms with E-state index in [1.54, 1.807) is 0 Å². The number of hydrogen-bond acceptors (Lipinski definition) is 3. The molecule has 3 heteroatoms. The maximum Gasteiger partial charge on any atom is 0.166 e. The summed E-state index contributed by atoms with van der Waals surface area (Å²) in [5.41, 5.74) is 6.80. The molecule has 17 heavy (non-hydrogen) atoms. The van der Waals surface area contributed by atoms with Crippen molar-refractivity contribution in [3.63, 3.8) is 0 Å². The molecule has 2 unspecified atom stereocenters. The summed E-state index contributed by atoms with van der Waals surface area (Å²) in [5, 5.41) is 0. The van der Waals surface area contributed by atoms with Crippen LogP contribution in [0.25, 0.3) is 0 Å². The van der Waals surface area contributed by atoms with Gasteiger partial charge in [0.1, 0.15) is 0 Å². The second-order valence-electron chi connectivity index (χ2n) is 5.02. The fourth-order valence-corrected chi connectivity index (χ4v) is 2.56. The van der Waals surface area contributed by atoms with E-state index in [4.69, 9.17) is 10.5 Å². The van der Waals surface area contributed by atoms with Crippen molar-refractivity contribution in [1.82, 2.24) is 4.98 Å². The predicted molar refractivity (Wildman–Crippen MR) is 70.1 cm³/mol. The highest BCUT2D eigenvalue weighted by Crippen LogP contribution is 2.31. The first-order chi connectivity index (χ1) is 8.19. The number of nitrogen functional groups attached to an aromatic ring is 1. The summed E-state index contributed by atoms with van der Waals surface area (Å²) in [6.45, 7) is 4.20. The molecule has 1 aromatic heterocycles. The third kappa shape index (κ3) is 3.11. The number of nitrogens with two attached hydrogens (primary N) is 1. The van der Waals surface area contributed by atoms with Crippen molar-refractivity contribution in [2.75, 3.05) is 5.73 Å². The molecule has 0 spiro atoms. The van der Waals surface area contributed by atoms with E-state index in [1.807, 2.05) is 19.1 Å². The van der Waals surface area contributed by atoms with Gasteiger partial charge in [-0.15, -0.1) is 0 Å². The van der Waals surface area contributed by atoms with Gasteiger partial charge in [0.15, 0.2) is 11.6 Å². The van der Waals surface area contributed by atoms with Crippen LogP contribution in [-0.2, 0) is 0 Å². The smallest absolute Gasteiger partial charge is 0.166 e. The van der Waals surface area contributed by atoms with Gasteiger partial charge in [0.25, 0.3) is 0 Å². The monoisotopic (exact) mass is 234 g/mol. The molecule has 0 radical (unpaired) electrons. The van der Waals surface area contributed by atoms with Crippen LogP contribution in [0.3, 0.4) is 0 Å². The number of aromatic nitrogens is 1. The predicted octanol–water partition coefficient (Wildman–Crippen LogP) is 3.32. The Balaban J connectivity index is 2.00. The van der Waals surface area contributed by atoms with Crippen LogP contribution in [0.15, 0.2) is 12.1 Å². The number of nitrogens with zero attached hydrogens (tertiary/aromatic N) is 1. The molecular weight excluding hydrogens is 212 g/mol. The van der Waals surface area contributed by atoms with Gasteiger partial charge in [-0.1, -0.05) is 19.8 Å². The summed E-state index contributed by atoms with van der Waals surface area (Å²) in [6, 6.07) is 3.89. The van der Waals surface area contributed by atoms with Crippen LogP contribution < -0.4 is 10.5 Å². The van der Waals surface area contributed by atoms with Crippen LogP contribution in [0.2, 0.25) is 0 Å². The van der Waals surface area contributed by atoms with E-state index >= 15 is 0 Å². The summed E-state index contributed by atoms with van der Waals surface area (Å²) in [6.07, 6.45) is 6.48. The number of aryl methyl sites for hydroxylation is 1. The number of anilines is 1. The molecular formula is C14H22N2O. The van der Waals surface area contributed by atoms with E-state index in [-0.39, 0.29) is 0 Å². The van der Waals surface area contributed by atoms with Crippen LogP contribution in [0.5, 0.6) is 5.75 Å². The van der Waals surface area contributed by atoms with Crippen molar-refractivity contribution in [1.29, 1.82) is 0 Å². The van der Waals surface area contributed by atoms with Gasteiger partial charge < -0.3 is 10.5 Å². The summed E-state index contributed by atoms with van der Waals surface area (Å²) >= 11 is 0. The summed E-state index contributed by atoms with van der Waals surface area (Å²) in [4.78, 5) is 4.23. The van der Waals surface area contributed by atoms with Crippen molar-refractivity contribution >= 4 is 5.82 Å². The minimum atomic E-state index is 0.320. The third-order valence-corrected chi connectivity index (χ3v) is 3.63. The van der Waals surface area contributed by atoms with Gasteiger partial charge in [-0.3, -0.25) is 0 Å². The molecule has 0 bridgehead atoms.